The summed E-state index contributed by atoms with van der Waals surface area (Å²) in [5, 5.41) is 0. The topological polar surface area (TPSA) is 38.4 Å². The van der Waals surface area contributed by atoms with Crippen molar-refractivity contribution in [3.63, 3.8) is 0 Å². The number of nitrogens with zero attached hydrogens (tertiary/aromatic N) is 1. The predicted molar refractivity (Wildman–Crippen MR) is 60.4 cm³/mol. The van der Waals surface area contributed by atoms with E-state index in [0.717, 1.165) is 11.8 Å². The number of rotatable bonds is 3. The Kier molecular flexibility index (Phi) is 3.09. The van der Waals surface area contributed by atoms with Crippen LogP contribution in [-0.2, 0) is 0 Å². The molecule has 2 rings (SSSR count). The summed E-state index contributed by atoms with van der Waals surface area (Å²) in [6, 6.07) is 0.476. The summed E-state index contributed by atoms with van der Waals surface area (Å²) >= 11 is 0. The van der Waals surface area contributed by atoms with Gasteiger partial charge in [0.2, 0.25) is 0 Å². The Morgan fingerprint density at radius 3 is 2.29 bits per heavy atom. The minimum atomic E-state index is 0.476. The maximum Gasteiger partial charge on any atom is 0.0971 e. The Hall–Kier alpha value is -0.530. The van der Waals surface area contributed by atoms with Gasteiger partial charge in [-0.15, -0.1) is 0 Å². The fraction of sp³-hybridized carbons (Fsp3) is 0.917. The highest BCUT2D eigenvalue weighted by Crippen LogP contribution is 2.32. The molecule has 0 aromatic carbocycles. The zero-order valence-corrected chi connectivity index (χ0v) is 9.21. The molecule has 0 aliphatic heterocycles. The summed E-state index contributed by atoms with van der Waals surface area (Å²) in [4.78, 5) is 4.68. The molecule has 0 heterocycles. The predicted octanol–water partition coefficient (Wildman–Crippen LogP) is 2.72. The van der Waals surface area contributed by atoms with Crippen molar-refractivity contribution in [3.05, 3.63) is 0 Å². The first-order chi connectivity index (χ1) is 6.77. The van der Waals surface area contributed by atoms with Gasteiger partial charge in [-0.2, -0.15) is 0 Å². The third-order valence-electron chi connectivity index (χ3n) is 3.96. The summed E-state index contributed by atoms with van der Waals surface area (Å²) < 4.78 is 0. The van der Waals surface area contributed by atoms with Crippen LogP contribution in [0.5, 0.6) is 0 Å². The number of hydrogen-bond acceptors (Lipinski definition) is 1. The molecule has 2 saturated carbocycles. The average Bonchev–Trinajstić information content (AvgIpc) is 2.51. The normalized spacial score (nSPS) is 27.6. The second kappa shape index (κ2) is 4.33. The van der Waals surface area contributed by atoms with E-state index in [-0.39, 0.29) is 0 Å². The van der Waals surface area contributed by atoms with E-state index in [1.807, 2.05) is 0 Å². The Bertz CT molecular complexity index is 212. The molecule has 2 aliphatic rings. The lowest BCUT2D eigenvalue weighted by atomic mass is 9.80. The molecule has 1 unspecified atom stereocenters. The van der Waals surface area contributed by atoms with Crippen LogP contribution < -0.4 is 5.73 Å². The van der Waals surface area contributed by atoms with E-state index in [1.165, 1.54) is 44.9 Å². The molecule has 0 amide bonds. The van der Waals surface area contributed by atoms with Crippen molar-refractivity contribution >= 4 is 5.84 Å². The van der Waals surface area contributed by atoms with Gasteiger partial charge in [-0.3, -0.25) is 4.99 Å². The molecule has 0 bridgehead atoms. The van der Waals surface area contributed by atoms with E-state index in [0.29, 0.717) is 12.0 Å². The monoisotopic (exact) mass is 194 g/mol. The van der Waals surface area contributed by atoms with Gasteiger partial charge in [-0.05, 0) is 38.5 Å². The van der Waals surface area contributed by atoms with E-state index in [2.05, 4.69) is 11.9 Å². The highest BCUT2D eigenvalue weighted by Gasteiger charge is 2.25. The summed E-state index contributed by atoms with van der Waals surface area (Å²) in [5.74, 6) is 2.38. The van der Waals surface area contributed by atoms with Gasteiger partial charge >= 0.3 is 0 Å². The molecule has 14 heavy (non-hydrogen) atoms. The van der Waals surface area contributed by atoms with Crippen LogP contribution in [0.3, 0.4) is 0 Å². The maximum absolute atomic E-state index is 6.05. The number of hydrogen-bond donors (Lipinski definition) is 1. The lowest BCUT2D eigenvalue weighted by Gasteiger charge is -2.29. The molecule has 0 aromatic heterocycles. The summed E-state index contributed by atoms with van der Waals surface area (Å²) in [7, 11) is 0. The van der Waals surface area contributed by atoms with E-state index in [4.69, 9.17) is 5.73 Å². The third kappa shape index (κ3) is 2.10. The first-order valence-electron chi connectivity index (χ1n) is 6.10. The number of nitrogens with two attached hydrogens (primary N) is 1. The van der Waals surface area contributed by atoms with Crippen molar-refractivity contribution in [3.8, 4) is 0 Å². The van der Waals surface area contributed by atoms with Crippen LogP contribution in [0, 0.1) is 11.8 Å². The second-order valence-corrected chi connectivity index (χ2v) is 4.97. The first kappa shape index (κ1) is 10.0. The fourth-order valence-electron chi connectivity index (χ4n) is 2.59. The SMILES string of the molecule is CC(N=C(N)C1CCCC1)C1CCC1. The molecule has 0 radical (unpaired) electrons. The lowest BCUT2D eigenvalue weighted by Crippen LogP contribution is -2.28. The zero-order chi connectivity index (χ0) is 9.97. The van der Waals surface area contributed by atoms with Crippen LogP contribution in [0.25, 0.3) is 0 Å². The first-order valence-corrected chi connectivity index (χ1v) is 6.10. The van der Waals surface area contributed by atoms with Crippen LogP contribution in [0.2, 0.25) is 0 Å². The molecule has 0 saturated heterocycles. The van der Waals surface area contributed by atoms with Crippen molar-refractivity contribution in [2.24, 2.45) is 22.6 Å². The highest BCUT2D eigenvalue weighted by atomic mass is 14.9. The van der Waals surface area contributed by atoms with Gasteiger partial charge in [0.15, 0.2) is 0 Å². The molecule has 2 heteroatoms. The molecule has 0 spiro atoms. The van der Waals surface area contributed by atoms with Crippen molar-refractivity contribution in [2.75, 3.05) is 0 Å². The van der Waals surface area contributed by atoms with Crippen molar-refractivity contribution in [1.29, 1.82) is 0 Å². The van der Waals surface area contributed by atoms with Crippen LogP contribution in [0.1, 0.15) is 51.9 Å². The molecule has 2 fully saturated rings. The maximum atomic E-state index is 6.05. The van der Waals surface area contributed by atoms with Gasteiger partial charge in [-0.25, -0.2) is 0 Å². The molecule has 1 atom stereocenters. The molecule has 2 nitrogen and oxygen atoms in total. The Morgan fingerprint density at radius 1 is 1.14 bits per heavy atom. The van der Waals surface area contributed by atoms with Crippen molar-refractivity contribution < 1.29 is 0 Å². The Labute approximate surface area is 87.0 Å². The van der Waals surface area contributed by atoms with E-state index < -0.39 is 0 Å². The van der Waals surface area contributed by atoms with Gasteiger partial charge < -0.3 is 5.73 Å². The zero-order valence-electron chi connectivity index (χ0n) is 9.21. The van der Waals surface area contributed by atoms with E-state index >= 15 is 0 Å². The van der Waals surface area contributed by atoms with Crippen LogP contribution >= 0.6 is 0 Å². The van der Waals surface area contributed by atoms with Crippen molar-refractivity contribution in [1.82, 2.24) is 0 Å². The smallest absolute Gasteiger partial charge is 0.0971 e. The summed E-state index contributed by atoms with van der Waals surface area (Å²) in [5.41, 5.74) is 6.05. The van der Waals surface area contributed by atoms with E-state index in [9.17, 15) is 0 Å². The second-order valence-electron chi connectivity index (χ2n) is 4.97. The van der Waals surface area contributed by atoms with Gasteiger partial charge in [0.25, 0.3) is 0 Å². The van der Waals surface area contributed by atoms with Crippen molar-refractivity contribution in [2.45, 2.75) is 57.9 Å². The number of aliphatic imine (C=N–C) groups is 1. The Balaban J connectivity index is 1.87. The van der Waals surface area contributed by atoms with Crippen LogP contribution in [-0.4, -0.2) is 11.9 Å². The molecular weight excluding hydrogens is 172 g/mol. The van der Waals surface area contributed by atoms with Crippen LogP contribution in [0.15, 0.2) is 4.99 Å². The number of amidine groups is 1. The largest absolute Gasteiger partial charge is 0.387 e. The molecule has 2 aliphatic carbocycles. The summed E-state index contributed by atoms with van der Waals surface area (Å²) in [6.07, 6.45) is 9.36. The van der Waals surface area contributed by atoms with Gasteiger partial charge in [0, 0.05) is 5.92 Å². The van der Waals surface area contributed by atoms with Gasteiger partial charge in [0.1, 0.15) is 0 Å². The highest BCUT2D eigenvalue weighted by molar-refractivity contribution is 5.83. The molecule has 0 aromatic rings. The minimum absolute atomic E-state index is 0.476. The van der Waals surface area contributed by atoms with E-state index in [1.54, 1.807) is 0 Å². The average molecular weight is 194 g/mol. The van der Waals surface area contributed by atoms with Gasteiger partial charge in [0.05, 0.1) is 11.9 Å². The standard InChI is InChI=1S/C12H22N2/c1-9(10-7-4-8-10)14-12(13)11-5-2-3-6-11/h9-11H,2-8H2,1H3,(H2,13,14). The third-order valence-corrected chi connectivity index (χ3v) is 3.96. The lowest BCUT2D eigenvalue weighted by molar-refractivity contribution is 0.274. The Morgan fingerprint density at radius 2 is 1.79 bits per heavy atom. The van der Waals surface area contributed by atoms with Crippen LogP contribution in [0.4, 0.5) is 0 Å². The fourth-order valence-corrected chi connectivity index (χ4v) is 2.59. The molecule has 2 N–H and O–H groups in total. The molecular formula is C12H22N2. The minimum Gasteiger partial charge on any atom is -0.387 e. The van der Waals surface area contributed by atoms with Gasteiger partial charge in [-0.1, -0.05) is 19.3 Å². The quantitative estimate of drug-likeness (QED) is 0.544. The molecule has 80 valence electrons. The summed E-state index contributed by atoms with van der Waals surface area (Å²) in [6.45, 7) is 2.23.